The van der Waals surface area contributed by atoms with Gasteiger partial charge in [-0.2, -0.15) is 0 Å². The van der Waals surface area contributed by atoms with Crippen LogP contribution in [-0.4, -0.2) is 42.1 Å². The molecule has 3 aromatic rings. The van der Waals surface area contributed by atoms with Crippen molar-refractivity contribution in [3.8, 4) is 17.2 Å². The van der Waals surface area contributed by atoms with E-state index >= 15 is 0 Å². The fourth-order valence-electron chi connectivity index (χ4n) is 3.39. The Labute approximate surface area is 209 Å². The highest BCUT2D eigenvalue weighted by atomic mass is 16.6. The van der Waals surface area contributed by atoms with Crippen LogP contribution in [-0.2, 0) is 14.3 Å². The molecule has 36 heavy (non-hydrogen) atoms. The molecule has 0 aliphatic rings. The molecule has 0 radical (unpaired) electrons. The van der Waals surface area contributed by atoms with Crippen LogP contribution in [0.3, 0.4) is 0 Å². The molecule has 3 rings (SSSR count). The number of amides is 1. The average Bonchev–Trinajstić information content (AvgIpc) is 2.88. The van der Waals surface area contributed by atoms with Gasteiger partial charge in [-0.25, -0.2) is 9.78 Å². The first-order valence-electron chi connectivity index (χ1n) is 11.3. The summed E-state index contributed by atoms with van der Waals surface area (Å²) in [5.41, 5.74) is 0.622. The maximum absolute atomic E-state index is 12.9. The van der Waals surface area contributed by atoms with Crippen LogP contribution >= 0.6 is 0 Å². The Morgan fingerprint density at radius 1 is 0.917 bits per heavy atom. The van der Waals surface area contributed by atoms with E-state index in [0.717, 1.165) is 5.56 Å². The van der Waals surface area contributed by atoms with Gasteiger partial charge in [0.2, 0.25) is 5.75 Å². The number of methoxy groups -OCH3 is 1. The molecule has 0 bridgehead atoms. The van der Waals surface area contributed by atoms with Gasteiger partial charge in [-0.3, -0.25) is 9.59 Å². The molecule has 0 spiro atoms. The molecule has 0 fully saturated rings. The molecule has 0 aliphatic carbocycles. The lowest BCUT2D eigenvalue weighted by Crippen LogP contribution is -2.42. The number of esters is 2. The Morgan fingerprint density at radius 3 is 2.17 bits per heavy atom. The van der Waals surface area contributed by atoms with Gasteiger partial charge in [-0.15, -0.1) is 0 Å². The number of pyridine rings is 1. The topological polar surface area (TPSA) is 113 Å². The Kier molecular flexibility index (Phi) is 8.99. The van der Waals surface area contributed by atoms with Crippen LogP contribution in [0.4, 0.5) is 0 Å². The minimum atomic E-state index is -1.04. The van der Waals surface area contributed by atoms with E-state index in [4.69, 9.17) is 18.9 Å². The molecule has 2 aromatic carbocycles. The van der Waals surface area contributed by atoms with E-state index in [2.05, 4.69) is 10.3 Å². The van der Waals surface area contributed by atoms with Gasteiger partial charge in [0.25, 0.3) is 5.91 Å². The molecule has 3 atom stereocenters. The quantitative estimate of drug-likeness (QED) is 0.424. The first-order valence-corrected chi connectivity index (χ1v) is 11.3. The molecule has 1 aromatic heterocycles. The zero-order chi connectivity index (χ0) is 26.1. The zero-order valence-corrected chi connectivity index (χ0v) is 20.5. The van der Waals surface area contributed by atoms with E-state index in [1.54, 1.807) is 6.92 Å². The van der Waals surface area contributed by atoms with Crippen molar-refractivity contribution in [1.29, 1.82) is 0 Å². The van der Waals surface area contributed by atoms with E-state index in [-0.39, 0.29) is 17.2 Å². The third-order valence-electron chi connectivity index (χ3n) is 5.11. The second kappa shape index (κ2) is 12.3. The van der Waals surface area contributed by atoms with Crippen LogP contribution in [0.1, 0.15) is 42.9 Å². The van der Waals surface area contributed by atoms with E-state index in [9.17, 15) is 14.4 Å². The summed E-state index contributed by atoms with van der Waals surface area (Å²) in [5.74, 6) is -1.43. The van der Waals surface area contributed by atoms with Gasteiger partial charge < -0.3 is 24.3 Å². The van der Waals surface area contributed by atoms with Crippen molar-refractivity contribution in [2.24, 2.45) is 0 Å². The number of carbonyl (C=O) groups is 3. The van der Waals surface area contributed by atoms with Gasteiger partial charge in [-0.05, 0) is 31.5 Å². The SMILES string of the molecule is COc1ccnc(C(=O)N[C@@H](C)C(=O)O[C@@H](C)[C@@H](Oc2ccccc2)c2ccccc2)c1OC(C)=O. The van der Waals surface area contributed by atoms with Gasteiger partial charge >= 0.3 is 11.9 Å². The summed E-state index contributed by atoms with van der Waals surface area (Å²) in [6.45, 7) is 4.39. The van der Waals surface area contributed by atoms with Crippen LogP contribution in [0, 0.1) is 0 Å². The summed E-state index contributed by atoms with van der Waals surface area (Å²) >= 11 is 0. The Hall–Kier alpha value is -4.40. The fraction of sp³-hybridized carbons (Fsp3) is 0.259. The molecule has 0 aliphatic heterocycles. The summed E-state index contributed by atoms with van der Waals surface area (Å²) in [5, 5.41) is 2.53. The second-order valence-corrected chi connectivity index (χ2v) is 7.88. The fourth-order valence-corrected chi connectivity index (χ4v) is 3.39. The Bertz CT molecular complexity index is 1190. The van der Waals surface area contributed by atoms with E-state index < -0.39 is 36.1 Å². The smallest absolute Gasteiger partial charge is 0.328 e. The van der Waals surface area contributed by atoms with Gasteiger partial charge in [0.15, 0.2) is 17.5 Å². The number of ether oxygens (including phenoxy) is 4. The maximum Gasteiger partial charge on any atom is 0.328 e. The normalized spacial score (nSPS) is 13.0. The number of carbonyl (C=O) groups excluding carboxylic acids is 3. The minimum absolute atomic E-state index is 0.140. The van der Waals surface area contributed by atoms with E-state index in [1.165, 1.54) is 33.2 Å². The molecule has 1 N–H and O–H groups in total. The lowest BCUT2D eigenvalue weighted by molar-refractivity contribution is -0.154. The summed E-state index contributed by atoms with van der Waals surface area (Å²) in [6.07, 6.45) is 0.0547. The van der Waals surface area contributed by atoms with Crippen molar-refractivity contribution in [2.45, 2.75) is 39.0 Å². The highest BCUT2D eigenvalue weighted by Gasteiger charge is 2.29. The van der Waals surface area contributed by atoms with Crippen LogP contribution in [0.2, 0.25) is 0 Å². The molecule has 188 valence electrons. The number of aromatic nitrogens is 1. The molecular weight excluding hydrogens is 464 g/mol. The van der Waals surface area contributed by atoms with Crippen LogP contribution in [0.15, 0.2) is 72.9 Å². The van der Waals surface area contributed by atoms with Gasteiger partial charge in [-0.1, -0.05) is 48.5 Å². The third kappa shape index (κ3) is 6.82. The lowest BCUT2D eigenvalue weighted by Gasteiger charge is -2.27. The summed E-state index contributed by atoms with van der Waals surface area (Å²) in [6, 6.07) is 19.0. The minimum Gasteiger partial charge on any atom is -0.493 e. The number of nitrogens with zero attached hydrogens (tertiary/aromatic N) is 1. The molecule has 9 nitrogen and oxygen atoms in total. The highest BCUT2D eigenvalue weighted by Crippen LogP contribution is 2.30. The van der Waals surface area contributed by atoms with Crippen molar-refractivity contribution in [1.82, 2.24) is 10.3 Å². The zero-order valence-electron chi connectivity index (χ0n) is 20.5. The molecule has 0 saturated carbocycles. The average molecular weight is 493 g/mol. The first-order chi connectivity index (χ1) is 17.3. The molecule has 0 saturated heterocycles. The van der Waals surface area contributed by atoms with Gasteiger partial charge in [0, 0.05) is 19.2 Å². The molecular formula is C27H28N2O7. The standard InChI is InChI=1S/C27H28N2O7/c1-17(29-26(31)23-25(35-19(3)30)22(33-4)15-16-28-23)27(32)34-18(2)24(20-11-7-5-8-12-20)36-21-13-9-6-10-14-21/h5-18,24H,1-4H3,(H,29,31)/t17-,18-,24+/m0/s1. The van der Waals surface area contributed by atoms with Crippen LogP contribution in [0.5, 0.6) is 17.2 Å². The third-order valence-corrected chi connectivity index (χ3v) is 5.11. The molecule has 0 unspecified atom stereocenters. The van der Waals surface area contributed by atoms with E-state index in [0.29, 0.717) is 5.75 Å². The van der Waals surface area contributed by atoms with E-state index in [1.807, 2.05) is 60.7 Å². The molecule has 1 heterocycles. The van der Waals surface area contributed by atoms with Crippen LogP contribution < -0.4 is 19.5 Å². The Morgan fingerprint density at radius 2 is 1.56 bits per heavy atom. The Balaban J connectivity index is 1.72. The lowest BCUT2D eigenvalue weighted by atomic mass is 10.0. The largest absolute Gasteiger partial charge is 0.493 e. The summed E-state index contributed by atoms with van der Waals surface area (Å²) in [7, 11) is 1.37. The van der Waals surface area contributed by atoms with Crippen molar-refractivity contribution in [2.75, 3.05) is 7.11 Å². The second-order valence-electron chi connectivity index (χ2n) is 7.88. The molecule has 1 amide bonds. The predicted molar refractivity (Wildman–Crippen MR) is 131 cm³/mol. The van der Waals surface area contributed by atoms with Crippen LogP contribution in [0.25, 0.3) is 0 Å². The number of nitrogens with one attached hydrogen (secondary N) is 1. The molecule has 9 heteroatoms. The van der Waals surface area contributed by atoms with Crippen molar-refractivity contribution in [3.05, 3.63) is 84.2 Å². The first kappa shape index (κ1) is 26.2. The highest BCUT2D eigenvalue weighted by molar-refractivity contribution is 5.98. The summed E-state index contributed by atoms with van der Waals surface area (Å²) < 4.78 is 22.1. The number of benzene rings is 2. The monoisotopic (exact) mass is 492 g/mol. The summed E-state index contributed by atoms with van der Waals surface area (Å²) in [4.78, 5) is 41.2. The van der Waals surface area contributed by atoms with Crippen molar-refractivity contribution < 1.29 is 33.3 Å². The number of rotatable bonds is 10. The predicted octanol–water partition coefficient (Wildman–Crippen LogP) is 3.89. The van der Waals surface area contributed by atoms with Crippen molar-refractivity contribution in [3.63, 3.8) is 0 Å². The number of hydrogen-bond donors (Lipinski definition) is 1. The number of hydrogen-bond acceptors (Lipinski definition) is 8. The number of para-hydroxylation sites is 1. The maximum atomic E-state index is 12.9. The van der Waals surface area contributed by atoms with Crippen molar-refractivity contribution >= 4 is 17.8 Å². The van der Waals surface area contributed by atoms with Gasteiger partial charge in [0.1, 0.15) is 17.9 Å². The van der Waals surface area contributed by atoms with Gasteiger partial charge in [0.05, 0.1) is 7.11 Å².